The maximum Gasteiger partial charge on any atom is 0.159 e. The van der Waals surface area contributed by atoms with E-state index >= 15 is 0 Å². The van der Waals surface area contributed by atoms with Gasteiger partial charge in [-0.3, -0.25) is 14.5 Å². The Labute approximate surface area is 150 Å². The predicted molar refractivity (Wildman–Crippen MR) is 97.3 cm³/mol. The first-order valence-corrected chi connectivity index (χ1v) is 8.35. The molecule has 3 heterocycles. The molecule has 4 rings (SSSR count). The number of rotatable bonds is 3. The third-order valence-electron chi connectivity index (χ3n) is 4.00. The molecule has 0 bridgehead atoms. The number of hydrogen-bond donors (Lipinski definition) is 0. The lowest BCUT2D eigenvalue weighted by atomic mass is 10.0. The van der Waals surface area contributed by atoms with Crippen LogP contribution < -0.4 is 0 Å². The summed E-state index contributed by atoms with van der Waals surface area (Å²) in [6.45, 7) is 1.13. The van der Waals surface area contributed by atoms with Gasteiger partial charge >= 0.3 is 0 Å². The van der Waals surface area contributed by atoms with Crippen molar-refractivity contribution < 1.29 is 0 Å². The highest BCUT2D eigenvalue weighted by Gasteiger charge is 2.23. The molecule has 6 nitrogen and oxygen atoms in total. The molecule has 0 saturated heterocycles. The molecule has 0 fully saturated rings. The Morgan fingerprint density at radius 3 is 2.80 bits per heavy atom. The van der Waals surface area contributed by atoms with Crippen LogP contribution in [0.3, 0.4) is 0 Å². The van der Waals surface area contributed by atoms with Gasteiger partial charge in [0.05, 0.1) is 23.6 Å². The van der Waals surface area contributed by atoms with Crippen LogP contribution in [-0.2, 0) is 13.1 Å². The SMILES string of the molecule is CN(C)Cc1nnc2n1-c1ccc(Cl)cc1C(c1ccccn1)=NC2. The molecular weight excluding hydrogens is 336 g/mol. The number of nitrogens with zero attached hydrogens (tertiary/aromatic N) is 6. The van der Waals surface area contributed by atoms with Gasteiger partial charge in [-0.2, -0.15) is 0 Å². The highest BCUT2D eigenvalue weighted by atomic mass is 35.5. The van der Waals surface area contributed by atoms with E-state index in [-0.39, 0.29) is 0 Å². The number of benzene rings is 1. The number of pyridine rings is 1. The van der Waals surface area contributed by atoms with Crippen LogP contribution in [0.4, 0.5) is 0 Å². The molecule has 2 aromatic heterocycles. The lowest BCUT2D eigenvalue weighted by Gasteiger charge is -2.15. The van der Waals surface area contributed by atoms with Crippen molar-refractivity contribution in [3.63, 3.8) is 0 Å². The zero-order valence-electron chi connectivity index (χ0n) is 14.0. The molecule has 0 spiro atoms. The van der Waals surface area contributed by atoms with Crippen molar-refractivity contribution in [1.29, 1.82) is 0 Å². The van der Waals surface area contributed by atoms with Crippen LogP contribution in [-0.4, -0.2) is 44.5 Å². The maximum atomic E-state index is 6.28. The fourth-order valence-electron chi connectivity index (χ4n) is 2.97. The Morgan fingerprint density at radius 1 is 1.16 bits per heavy atom. The summed E-state index contributed by atoms with van der Waals surface area (Å²) in [5, 5.41) is 9.36. The Kier molecular flexibility index (Phi) is 4.07. The molecule has 0 aliphatic carbocycles. The first-order valence-electron chi connectivity index (χ1n) is 7.97. The monoisotopic (exact) mass is 352 g/mol. The fraction of sp³-hybridized carbons (Fsp3) is 0.222. The van der Waals surface area contributed by atoms with Gasteiger partial charge in [0.15, 0.2) is 11.6 Å². The molecule has 1 aliphatic heterocycles. The summed E-state index contributed by atoms with van der Waals surface area (Å²) in [4.78, 5) is 11.3. The van der Waals surface area contributed by atoms with E-state index in [1.165, 1.54) is 0 Å². The zero-order chi connectivity index (χ0) is 17.4. The average molecular weight is 353 g/mol. The number of halogens is 1. The van der Waals surface area contributed by atoms with Crippen LogP contribution in [0.15, 0.2) is 47.6 Å². The number of fused-ring (bicyclic) bond motifs is 3. The second-order valence-electron chi connectivity index (χ2n) is 6.15. The van der Waals surface area contributed by atoms with Gasteiger partial charge in [-0.15, -0.1) is 10.2 Å². The lowest BCUT2D eigenvalue weighted by molar-refractivity contribution is 0.387. The largest absolute Gasteiger partial charge is 0.302 e. The Hall–Kier alpha value is -2.57. The number of aromatic nitrogens is 4. The summed E-state index contributed by atoms with van der Waals surface area (Å²) in [6.07, 6.45) is 1.77. The average Bonchev–Trinajstić information content (AvgIpc) is 2.90. The van der Waals surface area contributed by atoms with Crippen LogP contribution in [0, 0.1) is 0 Å². The summed E-state index contributed by atoms with van der Waals surface area (Å²) in [5.74, 6) is 1.69. The van der Waals surface area contributed by atoms with Crippen molar-refractivity contribution in [2.24, 2.45) is 4.99 Å². The second kappa shape index (κ2) is 6.38. The minimum Gasteiger partial charge on any atom is -0.302 e. The smallest absolute Gasteiger partial charge is 0.159 e. The van der Waals surface area contributed by atoms with Gasteiger partial charge in [-0.05, 0) is 44.4 Å². The van der Waals surface area contributed by atoms with E-state index < -0.39 is 0 Å². The van der Waals surface area contributed by atoms with Gasteiger partial charge in [-0.25, -0.2) is 0 Å². The Balaban J connectivity index is 1.94. The van der Waals surface area contributed by atoms with E-state index in [9.17, 15) is 0 Å². The van der Waals surface area contributed by atoms with Crippen molar-refractivity contribution in [2.45, 2.75) is 13.1 Å². The molecule has 0 radical (unpaired) electrons. The second-order valence-corrected chi connectivity index (χ2v) is 6.58. The van der Waals surface area contributed by atoms with Crippen molar-refractivity contribution in [3.8, 4) is 5.69 Å². The van der Waals surface area contributed by atoms with Gasteiger partial charge in [0.25, 0.3) is 0 Å². The normalized spacial score (nSPS) is 13.2. The van der Waals surface area contributed by atoms with Gasteiger partial charge in [0.1, 0.15) is 6.54 Å². The van der Waals surface area contributed by atoms with Crippen LogP contribution in [0.1, 0.15) is 22.9 Å². The zero-order valence-corrected chi connectivity index (χ0v) is 14.8. The molecule has 3 aromatic rings. The van der Waals surface area contributed by atoms with Crippen LogP contribution in [0.5, 0.6) is 0 Å². The Bertz CT molecular complexity index is 945. The quantitative estimate of drug-likeness (QED) is 0.727. The lowest BCUT2D eigenvalue weighted by Crippen LogP contribution is -2.16. The molecule has 0 N–H and O–H groups in total. The van der Waals surface area contributed by atoms with Gasteiger partial charge in [0.2, 0.25) is 0 Å². The van der Waals surface area contributed by atoms with E-state index in [2.05, 4.69) is 24.6 Å². The molecule has 126 valence electrons. The third-order valence-corrected chi connectivity index (χ3v) is 4.23. The summed E-state index contributed by atoms with van der Waals surface area (Å²) >= 11 is 6.28. The summed E-state index contributed by atoms with van der Waals surface area (Å²) in [7, 11) is 4.02. The molecular formula is C18H17ClN6. The standard InChI is InChI=1S/C18H17ClN6/c1-24(2)11-17-23-22-16-10-21-18(14-5-3-4-8-20-14)13-9-12(19)6-7-15(13)25(16)17/h3-9H,10-11H2,1-2H3. The summed E-state index contributed by atoms with van der Waals surface area (Å²) in [6, 6.07) is 11.6. The first-order chi connectivity index (χ1) is 12.1. The minimum absolute atomic E-state index is 0.443. The van der Waals surface area contributed by atoms with Crippen LogP contribution in [0.2, 0.25) is 5.02 Å². The van der Waals surface area contributed by atoms with E-state index in [1.807, 2.05) is 50.5 Å². The van der Waals surface area contributed by atoms with Crippen LogP contribution >= 0.6 is 11.6 Å². The molecule has 0 unspecified atom stereocenters. The fourth-order valence-corrected chi connectivity index (χ4v) is 3.14. The van der Waals surface area contributed by atoms with Gasteiger partial charge < -0.3 is 4.90 Å². The molecule has 25 heavy (non-hydrogen) atoms. The number of hydrogen-bond acceptors (Lipinski definition) is 5. The molecule has 0 amide bonds. The van der Waals surface area contributed by atoms with E-state index in [4.69, 9.17) is 16.6 Å². The molecule has 0 saturated carbocycles. The molecule has 0 atom stereocenters. The molecule has 1 aromatic carbocycles. The van der Waals surface area contributed by atoms with Gasteiger partial charge in [-0.1, -0.05) is 17.7 Å². The highest BCUT2D eigenvalue weighted by molar-refractivity contribution is 6.31. The predicted octanol–water partition coefficient (Wildman–Crippen LogP) is 2.73. The topological polar surface area (TPSA) is 59.2 Å². The minimum atomic E-state index is 0.443. The van der Waals surface area contributed by atoms with Crippen molar-refractivity contribution >= 4 is 17.3 Å². The Morgan fingerprint density at radius 2 is 2.04 bits per heavy atom. The van der Waals surface area contributed by atoms with E-state index in [0.717, 1.165) is 34.3 Å². The van der Waals surface area contributed by atoms with Crippen molar-refractivity contribution in [2.75, 3.05) is 14.1 Å². The maximum absolute atomic E-state index is 6.28. The van der Waals surface area contributed by atoms with Crippen molar-refractivity contribution in [3.05, 3.63) is 70.5 Å². The molecule has 1 aliphatic rings. The summed E-state index contributed by atoms with van der Waals surface area (Å²) in [5.41, 5.74) is 3.55. The highest BCUT2D eigenvalue weighted by Crippen LogP contribution is 2.28. The van der Waals surface area contributed by atoms with Gasteiger partial charge in [0, 0.05) is 16.8 Å². The third kappa shape index (κ3) is 2.94. The number of aliphatic imine (C=N–C) groups is 1. The van der Waals surface area contributed by atoms with Crippen molar-refractivity contribution in [1.82, 2.24) is 24.6 Å². The van der Waals surface area contributed by atoms with E-state index in [1.54, 1.807) is 6.20 Å². The van der Waals surface area contributed by atoms with Crippen LogP contribution in [0.25, 0.3) is 5.69 Å². The van der Waals surface area contributed by atoms with E-state index in [0.29, 0.717) is 18.1 Å². The summed E-state index contributed by atoms with van der Waals surface area (Å²) < 4.78 is 2.07. The first kappa shape index (κ1) is 15.9. The molecule has 7 heteroatoms.